The molecule has 0 radical (unpaired) electrons. The van der Waals surface area contributed by atoms with Gasteiger partial charge in [0.15, 0.2) is 0 Å². The van der Waals surface area contributed by atoms with Crippen molar-refractivity contribution in [3.05, 3.63) is 47.5 Å². The van der Waals surface area contributed by atoms with Gasteiger partial charge in [0.05, 0.1) is 0 Å². The first-order chi connectivity index (χ1) is 9.65. The van der Waals surface area contributed by atoms with Crippen molar-refractivity contribution in [3.63, 3.8) is 0 Å². The number of carbonyl (C=O) groups excluding carboxylic acids is 1. The van der Waals surface area contributed by atoms with Gasteiger partial charge in [-0.2, -0.15) is 0 Å². The molecule has 20 heavy (non-hydrogen) atoms. The predicted molar refractivity (Wildman–Crippen MR) is 73.2 cm³/mol. The van der Waals surface area contributed by atoms with Gasteiger partial charge in [0.25, 0.3) is 0 Å². The van der Waals surface area contributed by atoms with Crippen LogP contribution in [0, 0.1) is 0 Å². The fraction of sp³-hybridized carbons (Fsp3) is 0.333. The van der Waals surface area contributed by atoms with Crippen molar-refractivity contribution in [3.8, 4) is 0 Å². The number of nitrogens with zero attached hydrogens (tertiary/aromatic N) is 1. The highest BCUT2D eigenvalue weighted by Crippen LogP contribution is 2.17. The number of carboxylic acid groups (broad SMARTS) is 1. The van der Waals surface area contributed by atoms with Crippen LogP contribution in [0.25, 0.3) is 0 Å². The van der Waals surface area contributed by atoms with Crippen molar-refractivity contribution in [2.75, 3.05) is 13.1 Å². The molecule has 1 saturated heterocycles. The van der Waals surface area contributed by atoms with Crippen molar-refractivity contribution in [1.29, 1.82) is 0 Å². The Morgan fingerprint density at radius 1 is 1.20 bits per heavy atom. The highest BCUT2D eigenvalue weighted by molar-refractivity contribution is 5.80. The van der Waals surface area contributed by atoms with Crippen LogP contribution in [0.4, 0.5) is 4.79 Å². The zero-order valence-electron chi connectivity index (χ0n) is 11.1. The molecule has 0 aliphatic carbocycles. The average Bonchev–Trinajstić information content (AvgIpc) is 2.46. The van der Waals surface area contributed by atoms with E-state index >= 15 is 0 Å². The highest BCUT2D eigenvalue weighted by atomic mass is 16.6. The molecule has 1 aliphatic heterocycles. The lowest BCUT2D eigenvalue weighted by atomic mass is 10.0. The number of piperidine rings is 1. The highest BCUT2D eigenvalue weighted by Gasteiger charge is 2.20. The molecular formula is C15H17NO4. The summed E-state index contributed by atoms with van der Waals surface area (Å²) in [6, 6.07) is 9.50. The maximum Gasteiger partial charge on any atom is 0.410 e. The molecule has 5 nitrogen and oxygen atoms in total. The van der Waals surface area contributed by atoms with Crippen LogP contribution in [0.5, 0.6) is 0 Å². The Kier molecular flexibility index (Phi) is 4.76. The predicted octanol–water partition coefficient (Wildman–Crippen LogP) is 2.43. The summed E-state index contributed by atoms with van der Waals surface area (Å²) in [5.74, 6) is -0.930. The van der Waals surface area contributed by atoms with Gasteiger partial charge in [0.1, 0.15) is 6.61 Å². The summed E-state index contributed by atoms with van der Waals surface area (Å²) in [7, 11) is 0. The molecule has 1 aromatic carbocycles. The Balaban J connectivity index is 1.79. The molecule has 0 spiro atoms. The molecule has 0 unspecified atom stereocenters. The number of carbonyl (C=O) groups is 2. The molecule has 1 aromatic rings. The van der Waals surface area contributed by atoms with Gasteiger partial charge >= 0.3 is 12.1 Å². The van der Waals surface area contributed by atoms with E-state index in [4.69, 9.17) is 9.84 Å². The van der Waals surface area contributed by atoms with Crippen molar-refractivity contribution in [2.24, 2.45) is 0 Å². The molecule has 5 heteroatoms. The summed E-state index contributed by atoms with van der Waals surface area (Å²) in [5, 5.41) is 8.67. The Bertz CT molecular complexity index is 500. The van der Waals surface area contributed by atoms with Crippen molar-refractivity contribution in [2.45, 2.75) is 19.4 Å². The lowest BCUT2D eigenvalue weighted by Gasteiger charge is -2.27. The largest absolute Gasteiger partial charge is 0.478 e. The maximum atomic E-state index is 11.9. The van der Waals surface area contributed by atoms with Gasteiger partial charge in [-0.25, -0.2) is 9.59 Å². The molecule has 0 bridgehead atoms. The number of hydrogen-bond donors (Lipinski definition) is 1. The summed E-state index contributed by atoms with van der Waals surface area (Å²) in [4.78, 5) is 24.0. The summed E-state index contributed by atoms with van der Waals surface area (Å²) in [5.41, 5.74) is 1.81. The number of aliphatic carboxylic acids is 1. The summed E-state index contributed by atoms with van der Waals surface area (Å²) in [6.07, 6.45) is 2.06. The lowest BCUT2D eigenvalue weighted by Crippen LogP contribution is -2.36. The van der Waals surface area contributed by atoms with Gasteiger partial charge in [0.2, 0.25) is 0 Å². The van der Waals surface area contributed by atoms with Crippen LogP contribution < -0.4 is 0 Å². The standard InChI is InChI=1S/C15H17NO4/c17-14(18)10-12-6-8-16(9-7-12)15(19)20-11-13-4-2-1-3-5-13/h1-5,10H,6-9,11H2,(H,17,18). The number of hydrogen-bond acceptors (Lipinski definition) is 3. The van der Waals surface area contributed by atoms with Gasteiger partial charge in [-0.15, -0.1) is 0 Å². The third-order valence-corrected chi connectivity index (χ3v) is 3.20. The van der Waals surface area contributed by atoms with E-state index in [2.05, 4.69) is 0 Å². The van der Waals surface area contributed by atoms with Gasteiger partial charge < -0.3 is 14.7 Å². The topological polar surface area (TPSA) is 66.8 Å². The number of ether oxygens (including phenoxy) is 1. The maximum absolute atomic E-state index is 11.9. The molecule has 1 aliphatic rings. The second-order valence-corrected chi connectivity index (χ2v) is 4.67. The van der Waals surface area contributed by atoms with E-state index in [9.17, 15) is 9.59 Å². The Morgan fingerprint density at radius 3 is 2.45 bits per heavy atom. The zero-order chi connectivity index (χ0) is 14.4. The molecule has 1 heterocycles. The first-order valence-electron chi connectivity index (χ1n) is 6.53. The number of carboxylic acids is 1. The number of likely N-dealkylation sites (tertiary alicyclic amines) is 1. The van der Waals surface area contributed by atoms with E-state index in [1.807, 2.05) is 30.3 Å². The second-order valence-electron chi connectivity index (χ2n) is 4.67. The summed E-state index contributed by atoms with van der Waals surface area (Å²) in [6.45, 7) is 1.27. The molecule has 106 valence electrons. The van der Waals surface area contributed by atoms with E-state index in [1.54, 1.807) is 4.90 Å². The monoisotopic (exact) mass is 275 g/mol. The Hall–Kier alpha value is -2.30. The third kappa shape index (κ3) is 4.12. The van der Waals surface area contributed by atoms with Gasteiger partial charge in [0, 0.05) is 19.2 Å². The number of benzene rings is 1. The third-order valence-electron chi connectivity index (χ3n) is 3.20. The van der Waals surface area contributed by atoms with Crippen molar-refractivity contribution in [1.82, 2.24) is 4.90 Å². The van der Waals surface area contributed by atoms with Crippen LogP contribution in [-0.4, -0.2) is 35.2 Å². The molecule has 1 amide bonds. The lowest BCUT2D eigenvalue weighted by molar-refractivity contribution is -0.131. The van der Waals surface area contributed by atoms with E-state index in [0.29, 0.717) is 25.9 Å². The smallest absolute Gasteiger partial charge is 0.410 e. The van der Waals surface area contributed by atoms with E-state index in [-0.39, 0.29) is 12.7 Å². The normalized spacial score (nSPS) is 14.8. The van der Waals surface area contributed by atoms with Crippen LogP contribution in [0.2, 0.25) is 0 Å². The molecule has 0 atom stereocenters. The molecule has 2 rings (SSSR count). The molecule has 1 fully saturated rings. The van der Waals surface area contributed by atoms with Crippen molar-refractivity contribution < 1.29 is 19.4 Å². The summed E-state index contributed by atoms with van der Waals surface area (Å²) >= 11 is 0. The zero-order valence-corrected chi connectivity index (χ0v) is 11.1. The molecule has 1 N–H and O–H groups in total. The average molecular weight is 275 g/mol. The van der Waals surface area contributed by atoms with Crippen LogP contribution in [0.3, 0.4) is 0 Å². The van der Waals surface area contributed by atoms with Crippen LogP contribution in [0.15, 0.2) is 42.0 Å². The fourth-order valence-corrected chi connectivity index (χ4v) is 2.11. The number of rotatable bonds is 3. The van der Waals surface area contributed by atoms with E-state index in [0.717, 1.165) is 11.1 Å². The first-order valence-corrected chi connectivity index (χ1v) is 6.53. The number of amides is 1. The second kappa shape index (κ2) is 6.75. The minimum atomic E-state index is -0.930. The molecule has 0 aromatic heterocycles. The molecule has 0 saturated carbocycles. The van der Waals surface area contributed by atoms with Gasteiger partial charge in [-0.05, 0) is 18.4 Å². The van der Waals surface area contributed by atoms with Gasteiger partial charge in [-0.3, -0.25) is 0 Å². The quantitative estimate of drug-likeness (QED) is 0.860. The van der Waals surface area contributed by atoms with Gasteiger partial charge in [-0.1, -0.05) is 35.9 Å². The summed E-state index contributed by atoms with van der Waals surface area (Å²) < 4.78 is 5.24. The van der Waals surface area contributed by atoms with Crippen LogP contribution in [-0.2, 0) is 16.1 Å². The Labute approximate surface area is 117 Å². The van der Waals surface area contributed by atoms with E-state index in [1.165, 1.54) is 6.08 Å². The Morgan fingerprint density at radius 2 is 1.85 bits per heavy atom. The SMILES string of the molecule is O=C(O)C=C1CCN(C(=O)OCc2ccccc2)CC1. The van der Waals surface area contributed by atoms with E-state index < -0.39 is 5.97 Å². The van der Waals surface area contributed by atoms with Crippen molar-refractivity contribution >= 4 is 12.1 Å². The minimum Gasteiger partial charge on any atom is -0.478 e. The van der Waals surface area contributed by atoms with Crippen LogP contribution in [0.1, 0.15) is 18.4 Å². The fourth-order valence-electron chi connectivity index (χ4n) is 2.11. The molecular weight excluding hydrogens is 258 g/mol. The minimum absolute atomic E-state index is 0.258. The van der Waals surface area contributed by atoms with Crippen LogP contribution >= 0.6 is 0 Å². The first kappa shape index (κ1) is 14.1.